The predicted molar refractivity (Wildman–Crippen MR) is 65.6 cm³/mol. The molecule has 0 fully saturated rings. The lowest BCUT2D eigenvalue weighted by molar-refractivity contribution is -0.118. The maximum absolute atomic E-state index is 10.6. The molecular formula is C11H14ClNOS. The molecule has 0 aliphatic carbocycles. The van der Waals surface area contributed by atoms with Crippen molar-refractivity contribution in [2.45, 2.75) is 18.7 Å². The van der Waals surface area contributed by atoms with E-state index in [1.807, 2.05) is 25.1 Å². The molecule has 0 bridgehead atoms. The van der Waals surface area contributed by atoms with Crippen molar-refractivity contribution in [1.29, 1.82) is 0 Å². The standard InChI is InChI=1S/C11H14ClNOS/c1-8-3-4-10(7-11(8)12)15-6-5-13-9(2)14/h3-4,7H,5-6H2,1-2H3,(H,13,14). The molecule has 1 aromatic rings. The molecular weight excluding hydrogens is 230 g/mol. The first kappa shape index (κ1) is 12.4. The summed E-state index contributed by atoms with van der Waals surface area (Å²) in [5, 5.41) is 3.54. The molecule has 1 amide bonds. The van der Waals surface area contributed by atoms with E-state index in [9.17, 15) is 4.79 Å². The quantitative estimate of drug-likeness (QED) is 0.651. The van der Waals surface area contributed by atoms with Gasteiger partial charge < -0.3 is 5.32 Å². The van der Waals surface area contributed by atoms with E-state index in [4.69, 9.17) is 11.6 Å². The molecule has 0 radical (unpaired) electrons. The number of halogens is 1. The number of aryl methyl sites for hydroxylation is 1. The number of nitrogens with one attached hydrogen (secondary N) is 1. The van der Waals surface area contributed by atoms with Crippen LogP contribution in [0, 0.1) is 6.92 Å². The maximum Gasteiger partial charge on any atom is 0.216 e. The molecule has 0 aliphatic rings. The molecule has 0 saturated heterocycles. The highest BCUT2D eigenvalue weighted by Crippen LogP contribution is 2.23. The first-order valence-electron chi connectivity index (χ1n) is 4.73. The van der Waals surface area contributed by atoms with Crippen molar-refractivity contribution < 1.29 is 4.79 Å². The van der Waals surface area contributed by atoms with Crippen molar-refractivity contribution in [2.75, 3.05) is 12.3 Å². The summed E-state index contributed by atoms with van der Waals surface area (Å²) >= 11 is 7.68. The Morgan fingerprint density at radius 3 is 2.87 bits per heavy atom. The van der Waals surface area contributed by atoms with E-state index in [0.717, 1.165) is 21.2 Å². The summed E-state index contributed by atoms with van der Waals surface area (Å²) in [4.78, 5) is 11.7. The van der Waals surface area contributed by atoms with Crippen LogP contribution in [0.3, 0.4) is 0 Å². The van der Waals surface area contributed by atoms with E-state index in [1.165, 1.54) is 6.92 Å². The van der Waals surface area contributed by atoms with Gasteiger partial charge in [-0.25, -0.2) is 0 Å². The lowest BCUT2D eigenvalue weighted by Gasteiger charge is -2.04. The number of benzene rings is 1. The Bertz CT molecular complexity index is 354. The highest BCUT2D eigenvalue weighted by atomic mass is 35.5. The zero-order chi connectivity index (χ0) is 11.3. The van der Waals surface area contributed by atoms with E-state index in [2.05, 4.69) is 5.32 Å². The van der Waals surface area contributed by atoms with Crippen LogP contribution < -0.4 is 5.32 Å². The fourth-order valence-corrected chi connectivity index (χ4v) is 2.11. The Hall–Kier alpha value is -0.670. The van der Waals surface area contributed by atoms with Gasteiger partial charge in [0, 0.05) is 29.1 Å². The molecule has 0 unspecified atom stereocenters. The molecule has 1 rings (SSSR count). The average Bonchev–Trinajstić information content (AvgIpc) is 2.18. The third-order valence-electron chi connectivity index (χ3n) is 1.89. The van der Waals surface area contributed by atoms with Crippen LogP contribution in [0.25, 0.3) is 0 Å². The lowest BCUT2D eigenvalue weighted by Crippen LogP contribution is -2.22. The summed E-state index contributed by atoms with van der Waals surface area (Å²) in [5.41, 5.74) is 1.09. The summed E-state index contributed by atoms with van der Waals surface area (Å²) in [6, 6.07) is 6.00. The fraction of sp³-hybridized carbons (Fsp3) is 0.364. The third kappa shape index (κ3) is 4.58. The van der Waals surface area contributed by atoms with Crippen LogP contribution >= 0.6 is 23.4 Å². The second kappa shape index (κ2) is 6.03. The largest absolute Gasteiger partial charge is 0.356 e. The molecule has 2 nitrogen and oxygen atoms in total. The molecule has 0 atom stereocenters. The van der Waals surface area contributed by atoms with Crippen molar-refractivity contribution >= 4 is 29.3 Å². The summed E-state index contributed by atoms with van der Waals surface area (Å²) in [6.45, 7) is 4.19. The number of hydrogen-bond donors (Lipinski definition) is 1. The molecule has 82 valence electrons. The molecule has 1 N–H and O–H groups in total. The monoisotopic (exact) mass is 243 g/mol. The smallest absolute Gasteiger partial charge is 0.216 e. The Labute approximate surface area is 99.4 Å². The Morgan fingerprint density at radius 2 is 2.27 bits per heavy atom. The van der Waals surface area contributed by atoms with E-state index in [1.54, 1.807) is 11.8 Å². The number of carbonyl (C=O) groups excluding carboxylic acids is 1. The molecule has 0 saturated carbocycles. The lowest BCUT2D eigenvalue weighted by atomic mass is 10.2. The van der Waals surface area contributed by atoms with Gasteiger partial charge in [0.25, 0.3) is 0 Å². The van der Waals surface area contributed by atoms with Crippen LogP contribution in [0.4, 0.5) is 0 Å². The second-order valence-electron chi connectivity index (χ2n) is 3.24. The predicted octanol–water partition coefficient (Wildman–Crippen LogP) is 2.88. The van der Waals surface area contributed by atoms with Gasteiger partial charge in [0.05, 0.1) is 0 Å². The molecule has 1 aromatic carbocycles. The minimum atomic E-state index is 0.0116. The first-order valence-corrected chi connectivity index (χ1v) is 6.09. The normalized spacial score (nSPS) is 10.1. The van der Waals surface area contributed by atoms with Crippen LogP contribution in [0.5, 0.6) is 0 Å². The summed E-state index contributed by atoms with van der Waals surface area (Å²) in [7, 11) is 0. The van der Waals surface area contributed by atoms with Crippen LogP contribution in [0.15, 0.2) is 23.1 Å². The van der Waals surface area contributed by atoms with Crippen molar-refractivity contribution in [3.8, 4) is 0 Å². The van der Waals surface area contributed by atoms with E-state index in [0.29, 0.717) is 6.54 Å². The molecule has 0 aliphatic heterocycles. The average molecular weight is 244 g/mol. The van der Waals surface area contributed by atoms with Gasteiger partial charge in [0.15, 0.2) is 0 Å². The fourth-order valence-electron chi connectivity index (χ4n) is 1.06. The summed E-state index contributed by atoms with van der Waals surface area (Å²) in [5.74, 6) is 0.872. The number of carbonyl (C=O) groups is 1. The molecule has 4 heteroatoms. The van der Waals surface area contributed by atoms with Gasteiger partial charge in [-0.2, -0.15) is 0 Å². The SMILES string of the molecule is CC(=O)NCCSc1ccc(C)c(Cl)c1. The van der Waals surface area contributed by atoms with Crippen molar-refractivity contribution in [2.24, 2.45) is 0 Å². The number of hydrogen-bond acceptors (Lipinski definition) is 2. The van der Waals surface area contributed by atoms with Gasteiger partial charge in [-0.15, -0.1) is 11.8 Å². The van der Waals surface area contributed by atoms with Crippen LogP contribution in [0.2, 0.25) is 5.02 Å². The molecule has 15 heavy (non-hydrogen) atoms. The van der Waals surface area contributed by atoms with E-state index < -0.39 is 0 Å². The maximum atomic E-state index is 10.6. The van der Waals surface area contributed by atoms with Crippen molar-refractivity contribution in [3.63, 3.8) is 0 Å². The number of thioether (sulfide) groups is 1. The van der Waals surface area contributed by atoms with Crippen LogP contribution in [0.1, 0.15) is 12.5 Å². The van der Waals surface area contributed by atoms with Crippen LogP contribution in [-0.2, 0) is 4.79 Å². The van der Waals surface area contributed by atoms with Gasteiger partial charge in [0.1, 0.15) is 0 Å². The third-order valence-corrected chi connectivity index (χ3v) is 3.29. The van der Waals surface area contributed by atoms with Gasteiger partial charge >= 0.3 is 0 Å². The van der Waals surface area contributed by atoms with Crippen molar-refractivity contribution in [3.05, 3.63) is 28.8 Å². The molecule has 0 spiro atoms. The second-order valence-corrected chi connectivity index (χ2v) is 4.82. The highest BCUT2D eigenvalue weighted by Gasteiger charge is 1.98. The first-order chi connectivity index (χ1) is 7.09. The zero-order valence-corrected chi connectivity index (χ0v) is 10.4. The van der Waals surface area contributed by atoms with Gasteiger partial charge in [0.2, 0.25) is 5.91 Å². The minimum Gasteiger partial charge on any atom is -0.356 e. The minimum absolute atomic E-state index is 0.0116. The highest BCUT2D eigenvalue weighted by molar-refractivity contribution is 7.99. The molecule has 0 heterocycles. The summed E-state index contributed by atoms with van der Waals surface area (Å²) < 4.78 is 0. The number of rotatable bonds is 4. The topological polar surface area (TPSA) is 29.1 Å². The Kier molecular flexibility index (Phi) is 4.99. The number of amides is 1. The van der Waals surface area contributed by atoms with Crippen molar-refractivity contribution in [1.82, 2.24) is 5.32 Å². The van der Waals surface area contributed by atoms with Gasteiger partial charge in [-0.1, -0.05) is 17.7 Å². The summed E-state index contributed by atoms with van der Waals surface area (Å²) in [6.07, 6.45) is 0. The Morgan fingerprint density at radius 1 is 1.53 bits per heavy atom. The van der Waals surface area contributed by atoms with E-state index >= 15 is 0 Å². The van der Waals surface area contributed by atoms with Crippen LogP contribution in [-0.4, -0.2) is 18.2 Å². The zero-order valence-electron chi connectivity index (χ0n) is 8.84. The molecule has 0 aromatic heterocycles. The van der Waals surface area contributed by atoms with Gasteiger partial charge in [-0.05, 0) is 24.6 Å². The van der Waals surface area contributed by atoms with E-state index in [-0.39, 0.29) is 5.91 Å². The van der Waals surface area contributed by atoms with Gasteiger partial charge in [-0.3, -0.25) is 4.79 Å². The Balaban J connectivity index is 2.38.